The first-order valence-corrected chi connectivity index (χ1v) is 7.47. The number of ether oxygens (including phenoxy) is 2. The third-order valence-corrected chi connectivity index (χ3v) is 4.25. The van der Waals surface area contributed by atoms with Gasteiger partial charge in [-0.05, 0) is 24.1 Å². The molecule has 1 fully saturated rings. The van der Waals surface area contributed by atoms with Gasteiger partial charge in [-0.25, -0.2) is 0 Å². The predicted octanol–water partition coefficient (Wildman–Crippen LogP) is 3.45. The lowest BCUT2D eigenvalue weighted by molar-refractivity contribution is -0.272. The highest BCUT2D eigenvalue weighted by Gasteiger charge is 2.47. The van der Waals surface area contributed by atoms with Gasteiger partial charge in [0.2, 0.25) is 0 Å². The molecule has 0 saturated carbocycles. The number of rotatable bonds is 2. The molecule has 0 aromatic heterocycles. The van der Waals surface area contributed by atoms with Crippen molar-refractivity contribution in [2.45, 2.75) is 33.0 Å². The number of carbonyl (C=O) groups excluding carboxylic acids is 1. The zero-order chi connectivity index (χ0) is 15.1. The lowest BCUT2D eigenvalue weighted by Gasteiger charge is -2.40. The monoisotopic (exact) mass is 286 g/mol. The molecule has 1 heterocycles. The second kappa shape index (κ2) is 5.08. The molecule has 0 radical (unpaired) electrons. The van der Waals surface area contributed by atoms with Crippen LogP contribution >= 0.6 is 0 Å². The molecule has 0 amide bonds. The van der Waals surface area contributed by atoms with Gasteiger partial charge in [-0.3, -0.25) is 4.79 Å². The summed E-state index contributed by atoms with van der Waals surface area (Å²) in [4.78, 5) is 12.0. The van der Waals surface area contributed by atoms with Crippen molar-refractivity contribution in [3.05, 3.63) is 42.0 Å². The summed E-state index contributed by atoms with van der Waals surface area (Å²) in [5, 5.41) is 0. The number of benzene rings is 1. The number of allylic oxidation sites excluding steroid dienone is 1. The van der Waals surface area contributed by atoms with Crippen LogP contribution in [0.3, 0.4) is 0 Å². The van der Waals surface area contributed by atoms with Gasteiger partial charge in [0.25, 0.3) is 0 Å². The van der Waals surface area contributed by atoms with Crippen LogP contribution in [-0.2, 0) is 14.3 Å². The van der Waals surface area contributed by atoms with Gasteiger partial charge in [0.05, 0.1) is 13.2 Å². The minimum atomic E-state index is -0.725. The smallest absolute Gasteiger partial charge is 0.189 e. The van der Waals surface area contributed by atoms with Gasteiger partial charge in [0.15, 0.2) is 5.79 Å². The summed E-state index contributed by atoms with van der Waals surface area (Å²) in [5.74, 6) is -0.704. The summed E-state index contributed by atoms with van der Waals surface area (Å²) in [5.41, 5.74) is 2.13. The summed E-state index contributed by atoms with van der Waals surface area (Å²) in [6, 6.07) is 10.0. The molecule has 1 saturated heterocycles. The van der Waals surface area contributed by atoms with Crippen molar-refractivity contribution < 1.29 is 14.3 Å². The molecule has 0 bridgehead atoms. The zero-order valence-electron chi connectivity index (χ0n) is 12.9. The summed E-state index contributed by atoms with van der Waals surface area (Å²) in [6.45, 7) is 7.19. The number of Topliss-reactive ketones (excluding diaryl/α,β-unsaturated/α-hetero) is 1. The Morgan fingerprint density at radius 3 is 2.33 bits per heavy atom. The minimum Gasteiger partial charge on any atom is -0.346 e. The van der Waals surface area contributed by atoms with E-state index < -0.39 is 5.79 Å². The van der Waals surface area contributed by atoms with Crippen LogP contribution in [-0.4, -0.2) is 24.8 Å². The molecule has 0 N–H and O–H groups in total. The third kappa shape index (κ3) is 2.81. The molecule has 21 heavy (non-hydrogen) atoms. The Morgan fingerprint density at radius 2 is 1.76 bits per heavy atom. The summed E-state index contributed by atoms with van der Waals surface area (Å²) in [6.07, 6.45) is 2.60. The maximum Gasteiger partial charge on any atom is 0.189 e. The fourth-order valence-electron chi connectivity index (χ4n) is 2.99. The summed E-state index contributed by atoms with van der Waals surface area (Å²) < 4.78 is 12.0. The average molecular weight is 286 g/mol. The van der Waals surface area contributed by atoms with Crippen LogP contribution < -0.4 is 0 Å². The van der Waals surface area contributed by atoms with Crippen LogP contribution in [0.4, 0.5) is 0 Å². The second-order valence-corrected chi connectivity index (χ2v) is 6.89. The van der Waals surface area contributed by atoms with E-state index in [0.29, 0.717) is 19.6 Å². The Kier molecular flexibility index (Phi) is 3.50. The van der Waals surface area contributed by atoms with Gasteiger partial charge in [-0.1, -0.05) is 44.2 Å². The lowest BCUT2D eigenvalue weighted by Crippen LogP contribution is -2.45. The molecule has 1 aromatic carbocycles. The highest BCUT2D eigenvalue weighted by molar-refractivity contribution is 5.93. The van der Waals surface area contributed by atoms with Gasteiger partial charge in [-0.2, -0.15) is 0 Å². The molecule has 1 spiro atoms. The Hall–Kier alpha value is -1.45. The third-order valence-electron chi connectivity index (χ3n) is 4.25. The first-order chi connectivity index (χ1) is 9.91. The van der Waals surface area contributed by atoms with Crippen molar-refractivity contribution in [3.8, 4) is 0 Å². The van der Waals surface area contributed by atoms with Gasteiger partial charge in [-0.15, -0.1) is 0 Å². The Labute approximate surface area is 125 Å². The lowest BCUT2D eigenvalue weighted by atomic mass is 9.91. The van der Waals surface area contributed by atoms with Crippen LogP contribution in [0.2, 0.25) is 0 Å². The molecule has 3 nitrogen and oxygen atoms in total. The van der Waals surface area contributed by atoms with Crippen molar-refractivity contribution >= 4 is 11.4 Å². The molecular weight excluding hydrogens is 264 g/mol. The maximum absolute atomic E-state index is 12.0. The predicted molar refractivity (Wildman–Crippen MR) is 81.6 cm³/mol. The van der Waals surface area contributed by atoms with Crippen molar-refractivity contribution in [3.63, 3.8) is 0 Å². The van der Waals surface area contributed by atoms with E-state index in [0.717, 1.165) is 11.1 Å². The van der Waals surface area contributed by atoms with E-state index in [-0.39, 0.29) is 17.1 Å². The number of hydrogen-bond donors (Lipinski definition) is 0. The summed E-state index contributed by atoms with van der Waals surface area (Å²) >= 11 is 0. The average Bonchev–Trinajstić information content (AvgIpc) is 2.84. The van der Waals surface area contributed by atoms with Crippen molar-refractivity contribution in [1.82, 2.24) is 0 Å². The van der Waals surface area contributed by atoms with E-state index in [1.54, 1.807) is 6.92 Å². The van der Waals surface area contributed by atoms with Gasteiger partial charge in [0.1, 0.15) is 5.78 Å². The largest absolute Gasteiger partial charge is 0.346 e. The quantitative estimate of drug-likeness (QED) is 0.835. The molecule has 112 valence electrons. The molecule has 3 heteroatoms. The van der Waals surface area contributed by atoms with Gasteiger partial charge in [0, 0.05) is 17.8 Å². The topological polar surface area (TPSA) is 35.5 Å². The molecule has 1 unspecified atom stereocenters. The first-order valence-electron chi connectivity index (χ1n) is 7.47. The molecule has 1 aromatic rings. The van der Waals surface area contributed by atoms with Crippen molar-refractivity contribution in [2.75, 3.05) is 13.2 Å². The van der Waals surface area contributed by atoms with E-state index in [1.807, 2.05) is 36.4 Å². The fourth-order valence-corrected chi connectivity index (χ4v) is 2.99. The molecule has 1 atom stereocenters. The van der Waals surface area contributed by atoms with Crippen molar-refractivity contribution in [2.24, 2.45) is 11.3 Å². The van der Waals surface area contributed by atoms with Crippen LogP contribution in [0.15, 0.2) is 36.4 Å². The first kappa shape index (κ1) is 14.5. The number of hydrogen-bond acceptors (Lipinski definition) is 3. The number of ketones is 1. The molecule has 1 aliphatic heterocycles. The van der Waals surface area contributed by atoms with Crippen molar-refractivity contribution in [1.29, 1.82) is 0 Å². The van der Waals surface area contributed by atoms with E-state index >= 15 is 0 Å². The SMILES string of the molecule is CC(=O)C1CC2(C=C1c1ccccc1)OCC(C)(C)CO2. The minimum absolute atomic E-state index is 0.0281. The van der Waals surface area contributed by atoms with E-state index in [1.165, 1.54) is 0 Å². The maximum atomic E-state index is 12.0. The molecular formula is C18H22O3. The number of carbonyl (C=O) groups is 1. The summed E-state index contributed by atoms with van der Waals surface area (Å²) in [7, 11) is 0. The van der Waals surface area contributed by atoms with Crippen LogP contribution in [0, 0.1) is 11.3 Å². The molecule has 2 aliphatic rings. The van der Waals surface area contributed by atoms with E-state index in [2.05, 4.69) is 13.8 Å². The fraction of sp³-hybridized carbons (Fsp3) is 0.500. The van der Waals surface area contributed by atoms with Gasteiger partial charge >= 0.3 is 0 Å². The molecule has 3 rings (SSSR count). The molecule has 1 aliphatic carbocycles. The Morgan fingerprint density at radius 1 is 1.14 bits per heavy atom. The standard InChI is InChI=1S/C18H22O3/c1-13(19)15-9-18(20-11-17(2,3)12-21-18)10-16(15)14-7-5-4-6-8-14/h4-8,10,15H,9,11-12H2,1-3H3. The normalized spacial score (nSPS) is 26.6. The van der Waals surface area contributed by atoms with Crippen LogP contribution in [0.5, 0.6) is 0 Å². The highest BCUT2D eigenvalue weighted by atomic mass is 16.7. The second-order valence-electron chi connectivity index (χ2n) is 6.89. The van der Waals surface area contributed by atoms with E-state index in [4.69, 9.17) is 9.47 Å². The van der Waals surface area contributed by atoms with Gasteiger partial charge < -0.3 is 9.47 Å². The Bertz CT molecular complexity index is 561. The zero-order valence-corrected chi connectivity index (χ0v) is 12.9. The Balaban J connectivity index is 1.93. The highest BCUT2D eigenvalue weighted by Crippen LogP contribution is 2.45. The van der Waals surface area contributed by atoms with Crippen LogP contribution in [0.1, 0.15) is 32.8 Å². The van der Waals surface area contributed by atoms with E-state index in [9.17, 15) is 4.79 Å². The van der Waals surface area contributed by atoms with Crippen LogP contribution in [0.25, 0.3) is 5.57 Å².